The maximum Gasteiger partial charge on any atom is 0.0244 e. The average molecular weight is 341 g/mol. The van der Waals surface area contributed by atoms with Crippen LogP contribution in [0.2, 0.25) is 0 Å². The van der Waals surface area contributed by atoms with Gasteiger partial charge in [0.1, 0.15) is 0 Å². The van der Waals surface area contributed by atoms with Gasteiger partial charge < -0.3 is 5.32 Å². The van der Waals surface area contributed by atoms with Crippen LogP contribution in [0, 0.1) is 0 Å². The van der Waals surface area contributed by atoms with Crippen molar-refractivity contribution in [2.24, 2.45) is 0 Å². The van der Waals surface area contributed by atoms with E-state index in [-0.39, 0.29) is 5.54 Å². The molecule has 1 unspecified atom stereocenters. The SMILES string of the molecule is CC(CCCNC(C)(C)C)N(C)Cc1ccccc1Br. The Balaban J connectivity index is 2.33. The van der Waals surface area contributed by atoms with Crippen LogP contribution in [0.3, 0.4) is 0 Å². The monoisotopic (exact) mass is 340 g/mol. The fraction of sp³-hybridized carbons (Fsp3) is 0.647. The van der Waals surface area contributed by atoms with Crippen LogP contribution >= 0.6 is 15.9 Å². The lowest BCUT2D eigenvalue weighted by atomic mass is 10.1. The smallest absolute Gasteiger partial charge is 0.0244 e. The van der Waals surface area contributed by atoms with Gasteiger partial charge in [-0.25, -0.2) is 0 Å². The molecule has 1 N–H and O–H groups in total. The number of nitrogens with one attached hydrogen (secondary N) is 1. The zero-order valence-corrected chi connectivity index (χ0v) is 15.1. The maximum absolute atomic E-state index is 3.62. The van der Waals surface area contributed by atoms with Crippen LogP contribution in [0.15, 0.2) is 28.7 Å². The Labute approximate surface area is 133 Å². The van der Waals surface area contributed by atoms with Crippen LogP contribution in [0.4, 0.5) is 0 Å². The molecule has 0 spiro atoms. The predicted molar refractivity (Wildman–Crippen MR) is 92.1 cm³/mol. The number of hydrogen-bond acceptors (Lipinski definition) is 2. The van der Waals surface area contributed by atoms with Crippen LogP contribution in [0.25, 0.3) is 0 Å². The zero-order valence-electron chi connectivity index (χ0n) is 13.5. The average Bonchev–Trinajstić information content (AvgIpc) is 2.36. The first-order valence-corrected chi connectivity index (χ1v) is 8.27. The maximum atomic E-state index is 3.62. The molecule has 0 aliphatic heterocycles. The van der Waals surface area contributed by atoms with E-state index in [0.717, 1.165) is 13.1 Å². The Morgan fingerprint density at radius 3 is 2.50 bits per heavy atom. The van der Waals surface area contributed by atoms with Gasteiger partial charge in [0, 0.05) is 22.6 Å². The van der Waals surface area contributed by atoms with Gasteiger partial charge in [0.05, 0.1) is 0 Å². The van der Waals surface area contributed by atoms with Crippen molar-refractivity contribution in [2.45, 2.75) is 58.7 Å². The van der Waals surface area contributed by atoms with Crippen LogP contribution in [0.5, 0.6) is 0 Å². The van der Waals surface area contributed by atoms with Gasteiger partial charge in [0.25, 0.3) is 0 Å². The van der Waals surface area contributed by atoms with Gasteiger partial charge in [0.15, 0.2) is 0 Å². The quantitative estimate of drug-likeness (QED) is 0.738. The van der Waals surface area contributed by atoms with E-state index in [2.05, 4.69) is 85.2 Å². The van der Waals surface area contributed by atoms with Crippen molar-refractivity contribution in [3.05, 3.63) is 34.3 Å². The fourth-order valence-electron chi connectivity index (χ4n) is 2.13. The molecule has 0 saturated carbocycles. The number of rotatable bonds is 7. The van der Waals surface area contributed by atoms with Crippen molar-refractivity contribution in [3.63, 3.8) is 0 Å². The minimum atomic E-state index is 0.226. The standard InChI is InChI=1S/C17H29BrN2/c1-14(9-8-12-19-17(2,3)4)20(5)13-15-10-6-7-11-16(15)18/h6-7,10-11,14,19H,8-9,12-13H2,1-5H3. The summed E-state index contributed by atoms with van der Waals surface area (Å²) < 4.78 is 1.20. The largest absolute Gasteiger partial charge is 0.312 e. The van der Waals surface area contributed by atoms with E-state index in [1.165, 1.54) is 22.9 Å². The normalized spacial score (nSPS) is 13.8. The van der Waals surface area contributed by atoms with E-state index in [1.54, 1.807) is 0 Å². The highest BCUT2D eigenvalue weighted by atomic mass is 79.9. The summed E-state index contributed by atoms with van der Waals surface area (Å²) in [6.45, 7) is 11.1. The van der Waals surface area contributed by atoms with Gasteiger partial charge in [0.2, 0.25) is 0 Å². The number of hydrogen-bond donors (Lipinski definition) is 1. The number of benzene rings is 1. The highest BCUT2D eigenvalue weighted by molar-refractivity contribution is 9.10. The Bertz CT molecular complexity index is 398. The van der Waals surface area contributed by atoms with Crippen molar-refractivity contribution in [1.82, 2.24) is 10.2 Å². The Morgan fingerprint density at radius 1 is 1.25 bits per heavy atom. The zero-order chi connectivity index (χ0) is 15.2. The van der Waals surface area contributed by atoms with E-state index in [9.17, 15) is 0 Å². The predicted octanol–water partition coefficient (Wildman–Crippen LogP) is 4.44. The lowest BCUT2D eigenvalue weighted by molar-refractivity contribution is 0.232. The van der Waals surface area contributed by atoms with Gasteiger partial charge >= 0.3 is 0 Å². The first-order chi connectivity index (χ1) is 9.29. The second kappa shape index (κ2) is 8.16. The molecule has 0 aliphatic carbocycles. The second-order valence-corrected chi connectivity index (χ2v) is 7.53. The summed E-state index contributed by atoms with van der Waals surface area (Å²) >= 11 is 3.62. The van der Waals surface area contributed by atoms with Gasteiger partial charge in [-0.3, -0.25) is 4.90 Å². The van der Waals surface area contributed by atoms with E-state index in [1.807, 2.05) is 0 Å². The molecule has 1 atom stereocenters. The molecular weight excluding hydrogens is 312 g/mol. The Morgan fingerprint density at radius 2 is 1.90 bits per heavy atom. The van der Waals surface area contributed by atoms with E-state index in [0.29, 0.717) is 6.04 Å². The molecule has 1 aromatic rings. The topological polar surface area (TPSA) is 15.3 Å². The first kappa shape index (κ1) is 17.7. The first-order valence-electron chi connectivity index (χ1n) is 7.48. The molecule has 20 heavy (non-hydrogen) atoms. The van der Waals surface area contributed by atoms with Crippen LogP contribution in [-0.4, -0.2) is 30.1 Å². The molecule has 0 bridgehead atoms. The molecule has 0 amide bonds. The molecule has 3 heteroatoms. The molecule has 1 rings (SSSR count). The number of nitrogens with zero attached hydrogens (tertiary/aromatic N) is 1. The molecule has 0 fully saturated rings. The third-order valence-electron chi connectivity index (χ3n) is 3.58. The van der Waals surface area contributed by atoms with Crippen LogP contribution < -0.4 is 5.32 Å². The summed E-state index contributed by atoms with van der Waals surface area (Å²) in [6, 6.07) is 9.07. The van der Waals surface area contributed by atoms with Gasteiger partial charge in [-0.2, -0.15) is 0 Å². The molecule has 0 saturated heterocycles. The summed E-state index contributed by atoms with van der Waals surface area (Å²) in [7, 11) is 2.21. The van der Waals surface area contributed by atoms with E-state index in [4.69, 9.17) is 0 Å². The minimum Gasteiger partial charge on any atom is -0.312 e. The van der Waals surface area contributed by atoms with Crippen molar-refractivity contribution >= 4 is 15.9 Å². The molecule has 114 valence electrons. The molecule has 0 heterocycles. The summed E-state index contributed by atoms with van der Waals surface area (Å²) in [5.74, 6) is 0. The third kappa shape index (κ3) is 6.87. The summed E-state index contributed by atoms with van der Waals surface area (Å²) in [5.41, 5.74) is 1.58. The minimum absolute atomic E-state index is 0.226. The molecule has 0 radical (unpaired) electrons. The molecular formula is C17H29BrN2. The second-order valence-electron chi connectivity index (χ2n) is 6.67. The summed E-state index contributed by atoms with van der Waals surface area (Å²) in [6.07, 6.45) is 2.45. The van der Waals surface area contributed by atoms with Crippen LogP contribution in [-0.2, 0) is 6.54 Å². The molecule has 1 aromatic carbocycles. The Hall–Kier alpha value is -0.380. The molecule has 0 aromatic heterocycles. The Kier molecular flexibility index (Phi) is 7.21. The van der Waals surface area contributed by atoms with Gasteiger partial charge in [-0.05, 0) is 65.8 Å². The third-order valence-corrected chi connectivity index (χ3v) is 4.36. The molecule has 0 aliphatic rings. The van der Waals surface area contributed by atoms with Crippen molar-refractivity contribution in [2.75, 3.05) is 13.6 Å². The highest BCUT2D eigenvalue weighted by Gasteiger charge is 2.12. The fourth-order valence-corrected chi connectivity index (χ4v) is 2.54. The number of halogens is 1. The van der Waals surface area contributed by atoms with Crippen molar-refractivity contribution in [3.8, 4) is 0 Å². The summed E-state index contributed by atoms with van der Waals surface area (Å²) in [5, 5.41) is 3.55. The van der Waals surface area contributed by atoms with Crippen molar-refractivity contribution in [1.29, 1.82) is 0 Å². The van der Waals surface area contributed by atoms with Crippen molar-refractivity contribution < 1.29 is 0 Å². The van der Waals surface area contributed by atoms with E-state index >= 15 is 0 Å². The van der Waals surface area contributed by atoms with Gasteiger partial charge in [-0.1, -0.05) is 34.1 Å². The van der Waals surface area contributed by atoms with Gasteiger partial charge in [-0.15, -0.1) is 0 Å². The van der Waals surface area contributed by atoms with Crippen LogP contribution in [0.1, 0.15) is 46.1 Å². The molecule has 2 nitrogen and oxygen atoms in total. The lowest BCUT2D eigenvalue weighted by Gasteiger charge is -2.26. The lowest BCUT2D eigenvalue weighted by Crippen LogP contribution is -2.37. The summed E-state index contributed by atoms with van der Waals surface area (Å²) in [4.78, 5) is 2.43. The highest BCUT2D eigenvalue weighted by Crippen LogP contribution is 2.19. The van der Waals surface area contributed by atoms with E-state index < -0.39 is 0 Å².